The van der Waals surface area contributed by atoms with E-state index >= 15 is 0 Å². The molecule has 8 nitrogen and oxygen atoms in total. The fourth-order valence-corrected chi connectivity index (χ4v) is 2.58. The SMILES string of the molecule is Cc1nn(-c2ccccc2)c(C)c1NC(=O)COC(=O)c1cc[n+]([O-])cc1. The first-order valence-electron chi connectivity index (χ1n) is 8.23. The number of aryl methyl sites for hydroxylation is 1. The van der Waals surface area contributed by atoms with E-state index in [9.17, 15) is 14.8 Å². The van der Waals surface area contributed by atoms with Crippen LogP contribution < -0.4 is 10.0 Å². The van der Waals surface area contributed by atoms with Crippen molar-refractivity contribution in [2.75, 3.05) is 11.9 Å². The van der Waals surface area contributed by atoms with E-state index in [0.29, 0.717) is 16.1 Å². The minimum Gasteiger partial charge on any atom is -0.619 e. The molecule has 1 aromatic carbocycles. The van der Waals surface area contributed by atoms with Crippen LogP contribution in [-0.2, 0) is 9.53 Å². The second-order valence-electron chi connectivity index (χ2n) is 5.86. The summed E-state index contributed by atoms with van der Waals surface area (Å²) in [5.74, 6) is -1.16. The molecule has 0 saturated heterocycles. The molecule has 0 spiro atoms. The summed E-state index contributed by atoms with van der Waals surface area (Å²) in [6.07, 6.45) is 2.36. The topological polar surface area (TPSA) is 100 Å². The first kappa shape index (κ1) is 18.1. The van der Waals surface area contributed by atoms with Gasteiger partial charge in [-0.15, -0.1) is 0 Å². The number of aromatic nitrogens is 3. The van der Waals surface area contributed by atoms with Gasteiger partial charge in [0.05, 0.1) is 28.3 Å². The lowest BCUT2D eigenvalue weighted by Crippen LogP contribution is -2.25. The van der Waals surface area contributed by atoms with E-state index in [2.05, 4.69) is 10.4 Å². The van der Waals surface area contributed by atoms with E-state index < -0.39 is 18.5 Å². The zero-order valence-electron chi connectivity index (χ0n) is 14.9. The number of nitrogens with one attached hydrogen (secondary N) is 1. The van der Waals surface area contributed by atoms with Gasteiger partial charge in [0, 0.05) is 12.1 Å². The third-order valence-corrected chi connectivity index (χ3v) is 3.93. The molecule has 1 amide bonds. The Morgan fingerprint density at radius 1 is 1.15 bits per heavy atom. The van der Waals surface area contributed by atoms with Crippen molar-refractivity contribution >= 4 is 17.6 Å². The maximum Gasteiger partial charge on any atom is 0.339 e. The Morgan fingerprint density at radius 3 is 2.48 bits per heavy atom. The summed E-state index contributed by atoms with van der Waals surface area (Å²) in [6.45, 7) is 3.19. The van der Waals surface area contributed by atoms with Crippen molar-refractivity contribution in [1.82, 2.24) is 9.78 Å². The molecular weight excluding hydrogens is 348 g/mol. The average Bonchev–Trinajstić information content (AvgIpc) is 2.95. The predicted molar refractivity (Wildman–Crippen MR) is 97.4 cm³/mol. The second kappa shape index (κ2) is 7.69. The number of pyridine rings is 1. The van der Waals surface area contributed by atoms with Crippen molar-refractivity contribution in [3.05, 3.63) is 77.0 Å². The van der Waals surface area contributed by atoms with Crippen LogP contribution >= 0.6 is 0 Å². The highest BCUT2D eigenvalue weighted by Crippen LogP contribution is 2.22. The number of anilines is 1. The van der Waals surface area contributed by atoms with Crippen LogP contribution in [0.2, 0.25) is 0 Å². The number of carbonyl (C=O) groups is 2. The Labute approximate surface area is 155 Å². The number of amides is 1. The van der Waals surface area contributed by atoms with Crippen LogP contribution in [0.15, 0.2) is 54.9 Å². The van der Waals surface area contributed by atoms with E-state index in [1.807, 2.05) is 37.3 Å². The summed E-state index contributed by atoms with van der Waals surface area (Å²) in [7, 11) is 0. The lowest BCUT2D eigenvalue weighted by Gasteiger charge is -2.08. The van der Waals surface area contributed by atoms with Crippen LogP contribution in [-0.4, -0.2) is 28.3 Å². The molecule has 138 valence electrons. The predicted octanol–water partition coefficient (Wildman–Crippen LogP) is 1.92. The minimum atomic E-state index is -0.681. The Morgan fingerprint density at radius 2 is 1.81 bits per heavy atom. The number of hydrogen-bond donors (Lipinski definition) is 1. The van der Waals surface area contributed by atoms with Gasteiger partial charge in [0.1, 0.15) is 0 Å². The van der Waals surface area contributed by atoms with Gasteiger partial charge in [0.2, 0.25) is 0 Å². The zero-order chi connectivity index (χ0) is 19.4. The first-order chi connectivity index (χ1) is 13.0. The Kier molecular flexibility index (Phi) is 5.16. The summed E-state index contributed by atoms with van der Waals surface area (Å²) in [5.41, 5.74) is 3.07. The first-order valence-corrected chi connectivity index (χ1v) is 8.23. The quantitative estimate of drug-likeness (QED) is 0.422. The highest BCUT2D eigenvalue weighted by Gasteiger charge is 2.17. The Balaban J connectivity index is 1.65. The summed E-state index contributed by atoms with van der Waals surface area (Å²) in [5, 5.41) is 18.2. The molecule has 27 heavy (non-hydrogen) atoms. The molecule has 0 atom stereocenters. The van der Waals surface area contributed by atoms with E-state index in [1.54, 1.807) is 11.6 Å². The van der Waals surface area contributed by atoms with Gasteiger partial charge in [0.15, 0.2) is 19.0 Å². The molecule has 3 aromatic rings. The van der Waals surface area contributed by atoms with Crippen LogP contribution in [0.3, 0.4) is 0 Å². The molecule has 0 fully saturated rings. The molecule has 0 aliphatic carbocycles. The lowest BCUT2D eigenvalue weighted by molar-refractivity contribution is -0.605. The highest BCUT2D eigenvalue weighted by molar-refractivity contribution is 5.96. The molecule has 0 saturated carbocycles. The smallest absolute Gasteiger partial charge is 0.339 e. The Bertz CT molecular complexity index is 965. The van der Waals surface area contributed by atoms with Crippen LogP contribution in [0.25, 0.3) is 5.69 Å². The van der Waals surface area contributed by atoms with Gasteiger partial charge in [-0.3, -0.25) is 4.79 Å². The van der Waals surface area contributed by atoms with Gasteiger partial charge >= 0.3 is 5.97 Å². The molecule has 1 N–H and O–H groups in total. The summed E-state index contributed by atoms with van der Waals surface area (Å²) < 4.78 is 7.27. The summed E-state index contributed by atoms with van der Waals surface area (Å²) >= 11 is 0. The molecule has 0 radical (unpaired) electrons. The third kappa shape index (κ3) is 4.12. The van der Waals surface area contributed by atoms with Gasteiger partial charge in [-0.05, 0) is 26.0 Å². The molecule has 2 heterocycles. The average molecular weight is 366 g/mol. The standard InChI is InChI=1S/C19H18N4O4/c1-13-18(14(2)23(21-13)16-6-4-3-5-7-16)20-17(24)12-27-19(25)15-8-10-22(26)11-9-15/h3-11H,12H2,1-2H3,(H,20,24). The molecular formula is C19H18N4O4. The fraction of sp³-hybridized carbons (Fsp3) is 0.158. The minimum absolute atomic E-state index is 0.194. The highest BCUT2D eigenvalue weighted by atomic mass is 16.5. The van der Waals surface area contributed by atoms with Crippen LogP contribution in [0.1, 0.15) is 21.7 Å². The number of nitrogens with zero attached hydrogens (tertiary/aromatic N) is 3. The van der Waals surface area contributed by atoms with Crippen molar-refractivity contribution < 1.29 is 19.1 Å². The van der Waals surface area contributed by atoms with Crippen molar-refractivity contribution in [3.63, 3.8) is 0 Å². The lowest BCUT2D eigenvalue weighted by atomic mass is 10.3. The van der Waals surface area contributed by atoms with Gasteiger partial charge in [-0.2, -0.15) is 9.83 Å². The van der Waals surface area contributed by atoms with Crippen LogP contribution in [0.4, 0.5) is 5.69 Å². The van der Waals surface area contributed by atoms with Crippen molar-refractivity contribution in [1.29, 1.82) is 0 Å². The Hall–Kier alpha value is -3.68. The molecule has 0 aliphatic heterocycles. The monoisotopic (exact) mass is 366 g/mol. The van der Waals surface area contributed by atoms with E-state index in [-0.39, 0.29) is 5.56 Å². The summed E-state index contributed by atoms with van der Waals surface area (Å²) in [6, 6.07) is 12.2. The number of esters is 1. The second-order valence-corrected chi connectivity index (χ2v) is 5.86. The number of ether oxygens (including phenoxy) is 1. The number of hydrogen-bond acceptors (Lipinski definition) is 5. The number of para-hydroxylation sites is 1. The van der Waals surface area contributed by atoms with Crippen LogP contribution in [0, 0.1) is 19.1 Å². The van der Waals surface area contributed by atoms with Crippen LogP contribution in [0.5, 0.6) is 0 Å². The van der Waals surface area contributed by atoms with E-state index in [4.69, 9.17) is 4.74 Å². The molecule has 0 aliphatic rings. The molecule has 8 heteroatoms. The maximum atomic E-state index is 12.2. The molecule has 3 rings (SSSR count). The van der Waals surface area contributed by atoms with E-state index in [0.717, 1.165) is 11.4 Å². The van der Waals surface area contributed by atoms with Gasteiger partial charge in [-0.25, -0.2) is 9.48 Å². The fourth-order valence-electron chi connectivity index (χ4n) is 2.58. The number of carbonyl (C=O) groups excluding carboxylic acids is 2. The maximum absolute atomic E-state index is 12.2. The van der Waals surface area contributed by atoms with Crippen molar-refractivity contribution in [2.24, 2.45) is 0 Å². The third-order valence-electron chi connectivity index (χ3n) is 3.93. The number of rotatable bonds is 5. The number of benzene rings is 1. The zero-order valence-corrected chi connectivity index (χ0v) is 14.9. The van der Waals surface area contributed by atoms with Gasteiger partial charge in [0.25, 0.3) is 5.91 Å². The summed E-state index contributed by atoms with van der Waals surface area (Å²) in [4.78, 5) is 24.1. The molecule has 0 bridgehead atoms. The largest absolute Gasteiger partial charge is 0.619 e. The molecule has 0 unspecified atom stereocenters. The normalized spacial score (nSPS) is 10.4. The van der Waals surface area contributed by atoms with Crippen molar-refractivity contribution in [2.45, 2.75) is 13.8 Å². The van der Waals surface area contributed by atoms with Gasteiger partial charge < -0.3 is 15.3 Å². The van der Waals surface area contributed by atoms with Crippen molar-refractivity contribution in [3.8, 4) is 5.69 Å². The van der Waals surface area contributed by atoms with E-state index in [1.165, 1.54) is 24.5 Å². The van der Waals surface area contributed by atoms with Gasteiger partial charge in [-0.1, -0.05) is 18.2 Å². The molecule has 2 aromatic heterocycles.